The predicted molar refractivity (Wildman–Crippen MR) is 141 cm³/mol. The molecule has 5 rings (SSSR count). The molecular formula is C31H42O5. The number of methoxy groups -OCH3 is 1. The Balaban J connectivity index is 1.57. The van der Waals surface area contributed by atoms with Crippen LogP contribution in [-0.4, -0.2) is 30.1 Å². The van der Waals surface area contributed by atoms with Gasteiger partial charge in [-0.2, -0.15) is 0 Å². The van der Waals surface area contributed by atoms with Gasteiger partial charge in [0, 0.05) is 16.0 Å². The summed E-state index contributed by atoms with van der Waals surface area (Å²) >= 11 is 0. The molecule has 5 heteroatoms. The van der Waals surface area contributed by atoms with Crippen LogP contribution in [-0.2, 0) is 14.9 Å². The molecule has 0 radical (unpaired) electrons. The minimum Gasteiger partial charge on any atom is -0.504 e. The van der Waals surface area contributed by atoms with Crippen molar-refractivity contribution in [3.05, 3.63) is 33.7 Å². The largest absolute Gasteiger partial charge is 0.507 e. The monoisotopic (exact) mass is 494 g/mol. The Bertz CT molecular complexity index is 1260. The van der Waals surface area contributed by atoms with Crippen molar-refractivity contribution in [1.82, 2.24) is 0 Å². The van der Waals surface area contributed by atoms with Crippen LogP contribution in [0.2, 0.25) is 0 Å². The van der Waals surface area contributed by atoms with Gasteiger partial charge in [-0.25, -0.2) is 4.79 Å². The van der Waals surface area contributed by atoms with Crippen LogP contribution in [0.25, 0.3) is 12.7 Å². The molecule has 4 aliphatic carbocycles. The smallest absolute Gasteiger partial charge is 0.504 e. The molecule has 0 bridgehead atoms. The van der Waals surface area contributed by atoms with Crippen LogP contribution in [0.4, 0.5) is 4.79 Å². The van der Waals surface area contributed by atoms with Crippen molar-refractivity contribution < 1.29 is 24.5 Å². The number of allylic oxidation sites excluding steroid dienone is 2. The summed E-state index contributed by atoms with van der Waals surface area (Å²) < 4.78 is 10.2. The molecule has 5 nitrogen and oxygen atoms in total. The summed E-state index contributed by atoms with van der Waals surface area (Å²) in [4.78, 5) is 11.8. The Kier molecular flexibility index (Phi) is 5.46. The van der Waals surface area contributed by atoms with Gasteiger partial charge in [0.15, 0.2) is 11.5 Å². The molecule has 0 amide bonds. The molecule has 0 spiro atoms. The Morgan fingerprint density at radius 2 is 1.72 bits per heavy atom. The van der Waals surface area contributed by atoms with Gasteiger partial charge in [-0.15, -0.1) is 0 Å². The third kappa shape index (κ3) is 3.23. The van der Waals surface area contributed by atoms with Gasteiger partial charge in [0.05, 0.1) is 7.11 Å². The van der Waals surface area contributed by atoms with Crippen LogP contribution in [0.3, 0.4) is 0 Å². The number of fused-ring (bicyclic) bond motifs is 7. The lowest BCUT2D eigenvalue weighted by Crippen LogP contribution is -2.63. The first-order chi connectivity index (χ1) is 16.7. The Morgan fingerprint density at radius 1 is 1.03 bits per heavy atom. The highest BCUT2D eigenvalue weighted by Gasteiger charge is 2.66. The highest BCUT2D eigenvalue weighted by molar-refractivity contribution is 5.61. The van der Waals surface area contributed by atoms with E-state index in [0.29, 0.717) is 17.7 Å². The number of aromatic hydroxyl groups is 2. The maximum Gasteiger partial charge on any atom is 0.507 e. The van der Waals surface area contributed by atoms with Gasteiger partial charge < -0.3 is 19.7 Å². The van der Waals surface area contributed by atoms with Gasteiger partial charge in [0.2, 0.25) is 0 Å². The van der Waals surface area contributed by atoms with Gasteiger partial charge >= 0.3 is 6.16 Å². The molecule has 4 aliphatic rings. The fourth-order valence-electron chi connectivity index (χ4n) is 8.86. The minimum absolute atomic E-state index is 0.00530. The third-order valence-electron chi connectivity index (χ3n) is 11.5. The summed E-state index contributed by atoms with van der Waals surface area (Å²) in [6, 6.07) is 1.77. The van der Waals surface area contributed by atoms with Crippen molar-refractivity contribution in [1.29, 1.82) is 0 Å². The van der Waals surface area contributed by atoms with Crippen molar-refractivity contribution in [2.24, 2.45) is 27.6 Å². The molecule has 0 aliphatic heterocycles. The highest BCUT2D eigenvalue weighted by atomic mass is 16.7. The first-order valence-corrected chi connectivity index (χ1v) is 13.4. The molecule has 196 valence electrons. The van der Waals surface area contributed by atoms with E-state index in [9.17, 15) is 15.0 Å². The van der Waals surface area contributed by atoms with Crippen molar-refractivity contribution in [2.45, 2.75) is 85.0 Å². The van der Waals surface area contributed by atoms with Crippen molar-refractivity contribution in [3.63, 3.8) is 0 Å². The van der Waals surface area contributed by atoms with Crippen molar-refractivity contribution in [2.75, 3.05) is 13.7 Å². The summed E-state index contributed by atoms with van der Waals surface area (Å²) in [5, 5.41) is 22.3. The van der Waals surface area contributed by atoms with Crippen LogP contribution < -0.4 is 10.4 Å². The fraction of sp³-hybridized carbons (Fsp3) is 0.645. The van der Waals surface area contributed by atoms with Crippen LogP contribution in [0, 0.1) is 27.6 Å². The van der Waals surface area contributed by atoms with Gasteiger partial charge in [-0.1, -0.05) is 58.9 Å². The summed E-state index contributed by atoms with van der Waals surface area (Å²) in [6.45, 7) is 16.5. The standard InChI is InChI=1S/C31H42O5/c1-19-20-8-9-23-29(4,21(20)16-22(32)25(19)33)13-15-31(6)24-17-27(2,18-36-26(34)35-7)10-11-28(24,3)12-14-30(23,31)5/h8-9,16,24,32-33H,1,10-15,17-18H2,2-7H3/t24-,27-,28-,29+,30-,31+/m1/s1. The predicted octanol–water partition coefficient (Wildman–Crippen LogP) is 5.68. The second kappa shape index (κ2) is 7.79. The van der Waals surface area contributed by atoms with Crippen molar-refractivity contribution in [3.8, 4) is 11.5 Å². The zero-order valence-corrected chi connectivity index (χ0v) is 22.8. The molecular weight excluding hydrogens is 452 g/mol. The topological polar surface area (TPSA) is 76.0 Å². The van der Waals surface area contributed by atoms with E-state index in [1.807, 2.05) is 0 Å². The van der Waals surface area contributed by atoms with E-state index < -0.39 is 6.16 Å². The first-order valence-electron chi connectivity index (χ1n) is 13.4. The summed E-state index contributed by atoms with van der Waals surface area (Å²) in [5.74, 6) is 0.298. The Hall–Kier alpha value is -2.43. The number of hydrogen-bond acceptors (Lipinski definition) is 5. The second-order valence-corrected chi connectivity index (χ2v) is 13.5. The number of carbonyl (C=O) groups is 1. The SMILES string of the molecule is C=c1c(O)c(O)cc2c1=CC=C1[C@@]2(C)CC[C@@]2(C)[C@@H]3C[C@](C)(COC(=O)OC)CC[C@]3(C)CC[C@]12C. The molecule has 0 saturated heterocycles. The van der Waals surface area contributed by atoms with Gasteiger partial charge in [-0.3, -0.25) is 0 Å². The molecule has 36 heavy (non-hydrogen) atoms. The van der Waals surface area contributed by atoms with Gasteiger partial charge in [0.1, 0.15) is 6.61 Å². The molecule has 6 atom stereocenters. The van der Waals surface area contributed by atoms with E-state index in [0.717, 1.165) is 49.3 Å². The molecule has 1 aromatic rings. The lowest BCUT2D eigenvalue weighted by molar-refractivity contribution is -0.164. The second-order valence-electron chi connectivity index (χ2n) is 13.5. The average molecular weight is 495 g/mol. The molecule has 0 heterocycles. The summed E-state index contributed by atoms with van der Waals surface area (Å²) in [5.41, 5.74) is 2.61. The van der Waals surface area contributed by atoms with Crippen LogP contribution >= 0.6 is 0 Å². The quantitative estimate of drug-likeness (QED) is 0.409. The van der Waals surface area contributed by atoms with Crippen LogP contribution in [0.1, 0.15) is 85.1 Å². The molecule has 2 N–H and O–H groups in total. The number of hydrogen-bond donors (Lipinski definition) is 2. The molecule has 0 unspecified atom stereocenters. The summed E-state index contributed by atoms with van der Waals surface area (Å²) in [7, 11) is 1.36. The van der Waals surface area contributed by atoms with Gasteiger partial charge in [-0.05, 0) is 84.0 Å². The maximum absolute atomic E-state index is 11.8. The Labute approximate surface area is 214 Å². The fourth-order valence-corrected chi connectivity index (χ4v) is 8.86. The first kappa shape index (κ1) is 25.2. The maximum atomic E-state index is 11.8. The van der Waals surface area contributed by atoms with E-state index in [2.05, 4.69) is 53.3 Å². The number of rotatable bonds is 2. The zero-order chi connectivity index (χ0) is 26.3. The number of carbonyl (C=O) groups excluding carboxylic acids is 1. The third-order valence-corrected chi connectivity index (χ3v) is 11.5. The zero-order valence-electron chi connectivity index (χ0n) is 22.8. The molecule has 0 aromatic heterocycles. The number of phenols is 2. The highest BCUT2D eigenvalue weighted by Crippen LogP contribution is 2.74. The molecule has 3 saturated carbocycles. The Morgan fingerprint density at radius 3 is 2.42 bits per heavy atom. The van der Waals surface area contributed by atoms with Crippen LogP contribution in [0.15, 0.2) is 17.7 Å². The van der Waals surface area contributed by atoms with Crippen molar-refractivity contribution >= 4 is 18.8 Å². The lowest BCUT2D eigenvalue weighted by atomic mass is 9.35. The lowest BCUT2D eigenvalue weighted by Gasteiger charge is -2.69. The summed E-state index contributed by atoms with van der Waals surface area (Å²) in [6.07, 6.45) is 11.4. The molecule has 1 aromatic carbocycles. The number of ether oxygens (including phenoxy) is 2. The average Bonchev–Trinajstić information content (AvgIpc) is 2.84. The normalized spacial score (nSPS) is 40.9. The van der Waals surface area contributed by atoms with E-state index >= 15 is 0 Å². The number of benzene rings is 1. The van der Waals surface area contributed by atoms with E-state index in [-0.39, 0.29) is 38.6 Å². The van der Waals surface area contributed by atoms with Crippen LogP contribution in [0.5, 0.6) is 11.5 Å². The van der Waals surface area contributed by atoms with E-state index in [1.165, 1.54) is 19.1 Å². The minimum atomic E-state index is -0.599. The number of phenolic OH excluding ortho intramolecular Hbond substituents is 2. The molecule has 3 fully saturated rings. The van der Waals surface area contributed by atoms with Gasteiger partial charge in [0.25, 0.3) is 0 Å². The van der Waals surface area contributed by atoms with E-state index in [4.69, 9.17) is 9.47 Å². The van der Waals surface area contributed by atoms with E-state index in [1.54, 1.807) is 6.07 Å².